The Bertz CT molecular complexity index is 609. The summed E-state index contributed by atoms with van der Waals surface area (Å²) in [5, 5.41) is 9.58. The number of carbonyl (C=O) groups is 1. The van der Waals surface area contributed by atoms with Gasteiger partial charge in [0.25, 0.3) is 0 Å². The number of carbonyl (C=O) groups excluding carboxylic acids is 1. The Labute approximate surface area is 111 Å². The Kier molecular flexibility index (Phi) is 3.54. The zero-order valence-electron chi connectivity index (χ0n) is 9.24. The number of thiophene rings is 1. The van der Waals surface area contributed by atoms with Crippen LogP contribution in [-0.4, -0.2) is 18.2 Å². The van der Waals surface area contributed by atoms with E-state index in [0.29, 0.717) is 10.4 Å². The van der Waals surface area contributed by atoms with Gasteiger partial charge in [0.05, 0.1) is 12.1 Å². The monoisotopic (exact) mass is 286 g/mol. The molecular formula is C12H8ClFO3S. The summed E-state index contributed by atoms with van der Waals surface area (Å²) in [5.74, 6) is -1.40. The summed E-state index contributed by atoms with van der Waals surface area (Å²) >= 11 is 6.83. The van der Waals surface area contributed by atoms with Crippen LogP contribution < -0.4 is 0 Å². The van der Waals surface area contributed by atoms with Gasteiger partial charge in [-0.25, -0.2) is 9.18 Å². The first-order valence-corrected chi connectivity index (χ1v) is 6.09. The smallest absolute Gasteiger partial charge is 0.351 e. The molecule has 2 aromatic rings. The fraction of sp³-hybridized carbons (Fsp3) is 0.0833. The van der Waals surface area contributed by atoms with Crippen molar-refractivity contribution >= 4 is 28.9 Å². The lowest BCUT2D eigenvalue weighted by atomic mass is 10.2. The zero-order chi connectivity index (χ0) is 13.3. The number of halogens is 2. The van der Waals surface area contributed by atoms with Crippen molar-refractivity contribution in [2.45, 2.75) is 0 Å². The minimum Gasteiger partial charge on any atom is -0.506 e. The van der Waals surface area contributed by atoms with Gasteiger partial charge < -0.3 is 9.84 Å². The first-order chi connectivity index (χ1) is 8.54. The van der Waals surface area contributed by atoms with Crippen LogP contribution in [0.3, 0.4) is 0 Å². The summed E-state index contributed by atoms with van der Waals surface area (Å²) in [6.07, 6.45) is 0. The quantitative estimate of drug-likeness (QED) is 0.856. The average molecular weight is 287 g/mol. The molecule has 0 fully saturated rings. The number of methoxy groups -OCH3 is 1. The van der Waals surface area contributed by atoms with Crippen molar-refractivity contribution in [1.82, 2.24) is 0 Å². The lowest BCUT2D eigenvalue weighted by Crippen LogP contribution is -1.97. The maximum Gasteiger partial charge on any atom is 0.351 e. The van der Waals surface area contributed by atoms with Crippen LogP contribution in [0.2, 0.25) is 5.02 Å². The third-order valence-electron chi connectivity index (χ3n) is 2.30. The summed E-state index contributed by atoms with van der Waals surface area (Å²) in [6.45, 7) is 0. The summed E-state index contributed by atoms with van der Waals surface area (Å²) in [7, 11) is 1.22. The number of hydrogen-bond donors (Lipinski definition) is 1. The van der Waals surface area contributed by atoms with Gasteiger partial charge in [0, 0.05) is 10.4 Å². The highest BCUT2D eigenvalue weighted by Gasteiger charge is 2.19. The van der Waals surface area contributed by atoms with Gasteiger partial charge in [-0.3, -0.25) is 0 Å². The molecule has 1 aromatic heterocycles. The molecule has 0 aliphatic rings. The second kappa shape index (κ2) is 4.96. The van der Waals surface area contributed by atoms with Crippen molar-refractivity contribution in [1.29, 1.82) is 0 Å². The first-order valence-electron chi connectivity index (χ1n) is 4.90. The third-order valence-corrected chi connectivity index (χ3v) is 3.82. The molecule has 94 valence electrons. The summed E-state index contributed by atoms with van der Waals surface area (Å²) < 4.78 is 17.8. The third kappa shape index (κ3) is 2.19. The van der Waals surface area contributed by atoms with Crippen LogP contribution in [0.25, 0.3) is 10.4 Å². The van der Waals surface area contributed by atoms with Crippen LogP contribution in [0.1, 0.15) is 9.67 Å². The van der Waals surface area contributed by atoms with Gasteiger partial charge >= 0.3 is 5.97 Å². The van der Waals surface area contributed by atoms with Crippen molar-refractivity contribution in [3.05, 3.63) is 40.0 Å². The molecule has 0 atom stereocenters. The van der Waals surface area contributed by atoms with Gasteiger partial charge in [0.2, 0.25) is 0 Å². The van der Waals surface area contributed by atoms with E-state index in [-0.39, 0.29) is 15.6 Å². The van der Waals surface area contributed by atoms with Crippen molar-refractivity contribution < 1.29 is 19.0 Å². The van der Waals surface area contributed by atoms with Crippen molar-refractivity contribution in [3.63, 3.8) is 0 Å². The molecule has 3 nitrogen and oxygen atoms in total. The molecule has 2 rings (SSSR count). The predicted octanol–water partition coefficient (Wildman–Crippen LogP) is 3.70. The lowest BCUT2D eigenvalue weighted by molar-refractivity contribution is 0.0603. The van der Waals surface area contributed by atoms with Crippen LogP contribution in [0.15, 0.2) is 24.3 Å². The molecule has 0 saturated carbocycles. The number of rotatable bonds is 2. The van der Waals surface area contributed by atoms with Gasteiger partial charge in [-0.1, -0.05) is 23.7 Å². The molecule has 0 amide bonds. The van der Waals surface area contributed by atoms with E-state index in [1.54, 1.807) is 6.07 Å². The number of ether oxygens (including phenoxy) is 1. The Morgan fingerprint density at radius 1 is 1.50 bits per heavy atom. The Hall–Kier alpha value is -1.59. The van der Waals surface area contributed by atoms with E-state index < -0.39 is 11.8 Å². The maximum atomic E-state index is 13.3. The Morgan fingerprint density at radius 3 is 2.89 bits per heavy atom. The van der Waals surface area contributed by atoms with Gasteiger partial charge in [0.1, 0.15) is 11.6 Å². The summed E-state index contributed by atoms with van der Waals surface area (Å²) in [5.41, 5.74) is 0.423. The molecular weight excluding hydrogens is 279 g/mol. The molecule has 0 spiro atoms. The SMILES string of the molecule is COC(=O)c1sc(-c2cccc(F)c2Cl)cc1O. The van der Waals surface area contributed by atoms with E-state index >= 15 is 0 Å². The lowest BCUT2D eigenvalue weighted by Gasteiger charge is -2.01. The van der Waals surface area contributed by atoms with Crippen LogP contribution in [-0.2, 0) is 4.74 Å². The molecule has 0 unspecified atom stereocenters. The molecule has 1 N–H and O–H groups in total. The second-order valence-electron chi connectivity index (χ2n) is 3.42. The van der Waals surface area contributed by atoms with E-state index in [2.05, 4.69) is 4.74 Å². The van der Waals surface area contributed by atoms with E-state index in [1.807, 2.05) is 0 Å². The highest BCUT2D eigenvalue weighted by Crippen LogP contribution is 2.39. The van der Waals surface area contributed by atoms with Gasteiger partial charge in [-0.05, 0) is 12.1 Å². The van der Waals surface area contributed by atoms with E-state index in [1.165, 1.54) is 25.3 Å². The highest BCUT2D eigenvalue weighted by atomic mass is 35.5. The van der Waals surface area contributed by atoms with Crippen molar-refractivity contribution in [2.75, 3.05) is 7.11 Å². The second-order valence-corrected chi connectivity index (χ2v) is 4.85. The minimum atomic E-state index is -0.642. The molecule has 0 radical (unpaired) electrons. The fourth-order valence-corrected chi connectivity index (χ4v) is 2.73. The molecule has 6 heteroatoms. The normalized spacial score (nSPS) is 10.4. The molecule has 1 aromatic carbocycles. The fourth-order valence-electron chi connectivity index (χ4n) is 1.45. The van der Waals surface area contributed by atoms with Crippen LogP contribution in [0.5, 0.6) is 5.75 Å². The molecule has 0 saturated heterocycles. The number of aromatic hydroxyl groups is 1. The molecule has 0 aliphatic carbocycles. The van der Waals surface area contributed by atoms with Crippen LogP contribution in [0.4, 0.5) is 4.39 Å². The number of hydrogen-bond acceptors (Lipinski definition) is 4. The van der Waals surface area contributed by atoms with E-state index in [0.717, 1.165) is 11.3 Å². The largest absolute Gasteiger partial charge is 0.506 e. The average Bonchev–Trinajstić information content (AvgIpc) is 2.73. The minimum absolute atomic E-state index is 0.0461. The molecule has 0 bridgehead atoms. The first kappa shape index (κ1) is 12.9. The molecule has 18 heavy (non-hydrogen) atoms. The van der Waals surface area contributed by atoms with E-state index in [4.69, 9.17) is 11.6 Å². The standard InChI is InChI=1S/C12H8ClFO3S/c1-17-12(16)11-8(15)5-9(18-11)6-3-2-4-7(14)10(6)13/h2-5,15H,1H3. The predicted molar refractivity (Wildman–Crippen MR) is 67.7 cm³/mol. The number of benzene rings is 1. The number of esters is 1. The van der Waals surface area contributed by atoms with Gasteiger partial charge in [0.15, 0.2) is 4.88 Å². The highest BCUT2D eigenvalue weighted by molar-refractivity contribution is 7.17. The van der Waals surface area contributed by atoms with Gasteiger partial charge in [-0.15, -0.1) is 11.3 Å². The van der Waals surface area contributed by atoms with Crippen LogP contribution >= 0.6 is 22.9 Å². The topological polar surface area (TPSA) is 46.5 Å². The van der Waals surface area contributed by atoms with Crippen molar-refractivity contribution in [2.24, 2.45) is 0 Å². The van der Waals surface area contributed by atoms with Gasteiger partial charge in [-0.2, -0.15) is 0 Å². The zero-order valence-corrected chi connectivity index (χ0v) is 10.8. The molecule has 1 heterocycles. The molecule has 0 aliphatic heterocycles. The van der Waals surface area contributed by atoms with Crippen molar-refractivity contribution in [3.8, 4) is 16.2 Å². The van der Waals surface area contributed by atoms with E-state index in [9.17, 15) is 14.3 Å². The maximum absolute atomic E-state index is 13.3. The summed E-state index contributed by atoms with van der Waals surface area (Å²) in [4.78, 5) is 11.9. The Balaban J connectivity index is 2.53. The summed E-state index contributed by atoms with van der Waals surface area (Å²) in [6, 6.07) is 5.71. The Morgan fingerprint density at radius 2 is 2.22 bits per heavy atom. The van der Waals surface area contributed by atoms with Crippen LogP contribution in [0, 0.1) is 5.82 Å².